The summed E-state index contributed by atoms with van der Waals surface area (Å²) >= 11 is 6.46. The summed E-state index contributed by atoms with van der Waals surface area (Å²) in [5.74, 6) is 9.03. The van der Waals surface area contributed by atoms with Crippen LogP contribution in [0.1, 0.15) is 93.6 Å². The zero-order chi connectivity index (χ0) is 34.6. The van der Waals surface area contributed by atoms with Gasteiger partial charge in [0.25, 0.3) is 5.91 Å². The third-order valence-corrected chi connectivity index (χ3v) is 13.1. The molecule has 9 heteroatoms. The van der Waals surface area contributed by atoms with Crippen molar-refractivity contribution >= 4 is 33.2 Å². The van der Waals surface area contributed by atoms with E-state index in [-0.39, 0.29) is 11.3 Å². The minimum atomic E-state index is -3.78. The molecule has 1 amide bonds. The molecular weight excluding hydrogens is 656 g/mol. The third-order valence-electron chi connectivity index (χ3n) is 11.1. The van der Waals surface area contributed by atoms with E-state index in [1.54, 1.807) is 19.9 Å². The highest BCUT2D eigenvalue weighted by Gasteiger charge is 2.44. The van der Waals surface area contributed by atoms with Crippen LogP contribution in [0.15, 0.2) is 48.6 Å². The highest BCUT2D eigenvalue weighted by Crippen LogP contribution is 2.47. The van der Waals surface area contributed by atoms with Crippen LogP contribution in [-0.4, -0.2) is 52.5 Å². The van der Waals surface area contributed by atoms with Gasteiger partial charge in [-0.05, 0) is 124 Å². The molecule has 6 rings (SSSR count). The molecule has 1 saturated carbocycles. The van der Waals surface area contributed by atoms with Gasteiger partial charge in [-0.3, -0.25) is 4.79 Å². The van der Waals surface area contributed by atoms with Crippen molar-refractivity contribution in [2.75, 3.05) is 37.8 Å². The number of nitrogens with zero attached hydrogens (tertiary/aromatic N) is 1. The lowest BCUT2D eigenvalue weighted by Gasteiger charge is -2.45. The summed E-state index contributed by atoms with van der Waals surface area (Å²) in [6.45, 7) is 9.03. The number of benzene rings is 2. The van der Waals surface area contributed by atoms with Crippen molar-refractivity contribution in [3.8, 4) is 17.6 Å². The van der Waals surface area contributed by atoms with Crippen molar-refractivity contribution < 1.29 is 22.7 Å². The summed E-state index contributed by atoms with van der Waals surface area (Å²) in [5.41, 5.74) is 3.46. The van der Waals surface area contributed by atoms with E-state index in [2.05, 4.69) is 52.7 Å². The largest absolute Gasteiger partial charge is 0.490 e. The van der Waals surface area contributed by atoms with E-state index < -0.39 is 21.2 Å². The van der Waals surface area contributed by atoms with Crippen LogP contribution in [0.4, 0.5) is 5.69 Å². The topological polar surface area (TPSA) is 84.9 Å². The summed E-state index contributed by atoms with van der Waals surface area (Å²) in [4.78, 5) is 15.7. The van der Waals surface area contributed by atoms with Crippen LogP contribution in [0, 0.1) is 35.5 Å². The molecule has 49 heavy (non-hydrogen) atoms. The predicted molar refractivity (Wildman–Crippen MR) is 197 cm³/mol. The average molecular weight is 707 g/mol. The summed E-state index contributed by atoms with van der Waals surface area (Å²) < 4.78 is 39.7. The number of ether oxygens (including phenoxy) is 2. The Hall–Kier alpha value is -2.99. The molecule has 0 unspecified atom stereocenters. The number of amides is 1. The van der Waals surface area contributed by atoms with E-state index in [9.17, 15) is 13.2 Å². The van der Waals surface area contributed by atoms with Crippen LogP contribution in [0.5, 0.6) is 5.75 Å². The number of hydrogen-bond acceptors (Lipinski definition) is 6. The first kappa shape index (κ1) is 35.8. The lowest BCUT2D eigenvalue weighted by atomic mass is 9.66. The maximum atomic E-state index is 13.3. The molecule has 2 fully saturated rings. The lowest BCUT2D eigenvalue weighted by Crippen LogP contribution is -2.49. The number of anilines is 1. The normalized spacial score (nSPS) is 24.6. The van der Waals surface area contributed by atoms with Gasteiger partial charge in [0.1, 0.15) is 5.75 Å². The van der Waals surface area contributed by atoms with Gasteiger partial charge in [0.05, 0.1) is 17.5 Å². The quantitative estimate of drug-likeness (QED) is 0.213. The zero-order valence-corrected chi connectivity index (χ0v) is 30.8. The average Bonchev–Trinajstić information content (AvgIpc) is 3.22. The maximum Gasteiger partial charge on any atom is 0.264 e. The molecule has 1 spiro atoms. The monoisotopic (exact) mass is 706 g/mol. The number of carbonyl (C=O) groups excluding carboxylic acids is 1. The van der Waals surface area contributed by atoms with Gasteiger partial charge in [0.2, 0.25) is 10.0 Å². The fourth-order valence-electron chi connectivity index (χ4n) is 7.99. The Morgan fingerprint density at radius 3 is 2.69 bits per heavy atom. The number of carbonyl (C=O) groups is 1. The fourth-order valence-corrected chi connectivity index (χ4v) is 8.80. The van der Waals surface area contributed by atoms with Crippen LogP contribution in [0.3, 0.4) is 0 Å². The fraction of sp³-hybridized carbons (Fsp3) is 0.575. The van der Waals surface area contributed by atoms with Crippen LogP contribution >= 0.6 is 11.6 Å². The molecule has 2 heterocycles. The predicted octanol–water partition coefficient (Wildman–Crippen LogP) is 7.71. The smallest absolute Gasteiger partial charge is 0.264 e. The van der Waals surface area contributed by atoms with Gasteiger partial charge in [0, 0.05) is 54.6 Å². The molecule has 1 saturated heterocycles. The van der Waals surface area contributed by atoms with E-state index in [1.807, 2.05) is 18.2 Å². The molecule has 0 aromatic heterocycles. The van der Waals surface area contributed by atoms with Gasteiger partial charge >= 0.3 is 0 Å². The molecule has 1 N–H and O–H groups in total. The van der Waals surface area contributed by atoms with Crippen molar-refractivity contribution in [3.63, 3.8) is 0 Å². The molecule has 264 valence electrons. The zero-order valence-electron chi connectivity index (χ0n) is 29.2. The molecule has 0 bridgehead atoms. The van der Waals surface area contributed by atoms with Crippen LogP contribution in [0.25, 0.3) is 0 Å². The molecule has 2 aromatic rings. The van der Waals surface area contributed by atoms with Gasteiger partial charge in [0.15, 0.2) is 0 Å². The summed E-state index contributed by atoms with van der Waals surface area (Å²) in [6.07, 6.45) is 13.9. The van der Waals surface area contributed by atoms with E-state index in [4.69, 9.17) is 21.1 Å². The maximum absolute atomic E-state index is 13.3. The number of sulfonamides is 1. The molecule has 7 nitrogen and oxygen atoms in total. The van der Waals surface area contributed by atoms with Crippen molar-refractivity contribution in [1.29, 1.82) is 0 Å². The second kappa shape index (κ2) is 15.5. The number of hydrogen-bond donors (Lipinski definition) is 1. The van der Waals surface area contributed by atoms with Crippen molar-refractivity contribution in [1.82, 2.24) is 4.72 Å². The van der Waals surface area contributed by atoms with Gasteiger partial charge in [-0.15, -0.1) is 5.92 Å². The first-order valence-electron chi connectivity index (χ1n) is 18.2. The van der Waals surface area contributed by atoms with Crippen molar-refractivity contribution in [2.45, 2.75) is 89.2 Å². The van der Waals surface area contributed by atoms with Gasteiger partial charge in [-0.1, -0.05) is 42.7 Å². The Morgan fingerprint density at radius 1 is 1.14 bits per heavy atom. The van der Waals surface area contributed by atoms with Crippen LogP contribution in [0.2, 0.25) is 5.02 Å². The van der Waals surface area contributed by atoms with Gasteiger partial charge in [-0.25, -0.2) is 13.1 Å². The molecular formula is C40H51ClN2O5S. The van der Waals surface area contributed by atoms with Gasteiger partial charge in [-0.2, -0.15) is 0 Å². The van der Waals surface area contributed by atoms with E-state index in [1.165, 1.54) is 11.1 Å². The molecule has 4 aliphatic rings. The molecule has 4 atom stereocenters. The molecule has 2 aliphatic carbocycles. The Bertz CT molecular complexity index is 1710. The number of allylic oxidation sites excluding steroid dienone is 2. The Labute approximate surface area is 298 Å². The Kier molecular flexibility index (Phi) is 11.3. The van der Waals surface area contributed by atoms with Crippen molar-refractivity contribution in [2.24, 2.45) is 23.7 Å². The number of aryl methyl sites for hydroxylation is 1. The number of fused-ring (bicyclic) bond motifs is 3. The highest BCUT2D eigenvalue weighted by molar-refractivity contribution is 7.90. The first-order chi connectivity index (χ1) is 23.6. The standard InChI is InChI=1S/C40H51ClN2O5S/c1-4-5-9-30(10-6-8-29-18-21-47-22-19-29)35-15-12-33(35)25-43-26-40(20-7-11-31-23-34(41)14-16-36(31)40)27-48-38-17-13-32(24-37(38)43)39(44)42-49(45,46)28(2)3/h5,9,13-14,16-17,23-24,28-30,33,35H,4,7-8,11-12,15,18-22,25-27H2,1-3H3,(H,42,44)/b9-5+/t30-,33+,35+,40+/m1/s1. The summed E-state index contributed by atoms with van der Waals surface area (Å²) in [7, 11) is -3.78. The Balaban J connectivity index is 1.31. The third kappa shape index (κ3) is 8.16. The molecule has 0 radical (unpaired) electrons. The van der Waals surface area contributed by atoms with Crippen LogP contribution in [-0.2, 0) is 26.6 Å². The van der Waals surface area contributed by atoms with E-state index in [0.717, 1.165) is 101 Å². The number of nitrogens with one attached hydrogen (secondary N) is 1. The second-order valence-electron chi connectivity index (χ2n) is 14.8. The lowest BCUT2D eigenvalue weighted by molar-refractivity contribution is 0.0678. The molecule has 2 aliphatic heterocycles. The minimum absolute atomic E-state index is 0.200. The minimum Gasteiger partial charge on any atom is -0.490 e. The molecule has 2 aromatic carbocycles. The Morgan fingerprint density at radius 2 is 1.96 bits per heavy atom. The second-order valence-corrected chi connectivity index (χ2v) is 17.4. The first-order valence-corrected chi connectivity index (χ1v) is 20.1. The SMILES string of the molecule is CC/C=C/[C@H](C#CCC1CCOCC1)[C@@H]1CC[C@H]1CN1C[C@@]2(CCCc3cc(Cl)ccc32)COc2ccc(C(=O)NS(=O)(=O)C(C)C)cc21. The summed E-state index contributed by atoms with van der Waals surface area (Å²) in [5, 5.41) is 0.0285. The van der Waals surface area contributed by atoms with Crippen molar-refractivity contribution in [3.05, 3.63) is 70.3 Å². The highest BCUT2D eigenvalue weighted by atomic mass is 35.5. The number of rotatable bonds is 9. The van der Waals surface area contributed by atoms with Crippen LogP contribution < -0.4 is 14.4 Å². The van der Waals surface area contributed by atoms with E-state index >= 15 is 0 Å². The van der Waals surface area contributed by atoms with E-state index in [0.29, 0.717) is 29.9 Å². The van der Waals surface area contributed by atoms with Gasteiger partial charge < -0.3 is 14.4 Å². The number of halogens is 1. The summed E-state index contributed by atoms with van der Waals surface area (Å²) in [6, 6.07) is 11.6.